The Morgan fingerprint density at radius 1 is 1.50 bits per heavy atom. The van der Waals surface area contributed by atoms with E-state index in [2.05, 4.69) is 0 Å². The van der Waals surface area contributed by atoms with Crippen molar-refractivity contribution in [3.8, 4) is 5.75 Å². The van der Waals surface area contributed by atoms with Crippen molar-refractivity contribution in [1.82, 2.24) is 0 Å². The molecule has 78 valence electrons. The minimum absolute atomic E-state index is 0.127. The lowest BCUT2D eigenvalue weighted by Crippen LogP contribution is -2.10. The molecule has 0 aromatic heterocycles. The van der Waals surface area contributed by atoms with Crippen LogP contribution in [0.5, 0.6) is 5.75 Å². The Balaban J connectivity index is 3.17. The highest BCUT2D eigenvalue weighted by atomic mass is 35.5. The maximum Gasteiger partial charge on any atom is 0.229 e. The summed E-state index contributed by atoms with van der Waals surface area (Å²) >= 11 is 5.46. The summed E-state index contributed by atoms with van der Waals surface area (Å²) in [6, 6.07) is 1.73. The minimum Gasteiger partial charge on any atom is -0.506 e. The van der Waals surface area contributed by atoms with E-state index in [4.69, 9.17) is 16.7 Å². The molecule has 0 heterocycles. The molecule has 0 atom stereocenters. The highest BCUT2D eigenvalue weighted by Crippen LogP contribution is 2.29. The predicted molar refractivity (Wildman–Crippen MR) is 51.5 cm³/mol. The van der Waals surface area contributed by atoms with Gasteiger partial charge in [0.2, 0.25) is 10.0 Å². The number of nitrogens with one attached hydrogen (secondary N) is 1. The van der Waals surface area contributed by atoms with E-state index in [0.717, 1.165) is 18.4 Å². The fourth-order valence-corrected chi connectivity index (χ4v) is 1.53. The van der Waals surface area contributed by atoms with Crippen LogP contribution in [0.4, 0.5) is 10.1 Å². The molecule has 1 aromatic rings. The van der Waals surface area contributed by atoms with Gasteiger partial charge in [-0.25, -0.2) is 12.8 Å². The normalized spacial score (nSPS) is 11.4. The maximum absolute atomic E-state index is 13.0. The molecule has 1 rings (SSSR count). The molecule has 2 N–H and O–H groups in total. The molecule has 0 spiro atoms. The van der Waals surface area contributed by atoms with Gasteiger partial charge in [0.15, 0.2) is 5.82 Å². The highest BCUT2D eigenvalue weighted by molar-refractivity contribution is 7.92. The number of phenolic OH excluding ortho intramolecular Hbond substituents is 1. The van der Waals surface area contributed by atoms with E-state index in [0.29, 0.717) is 0 Å². The number of sulfonamides is 1. The van der Waals surface area contributed by atoms with Crippen LogP contribution in [0.15, 0.2) is 12.1 Å². The molecule has 0 unspecified atom stereocenters. The molecule has 0 aliphatic heterocycles. The lowest BCUT2D eigenvalue weighted by atomic mass is 10.3. The van der Waals surface area contributed by atoms with Gasteiger partial charge in [-0.3, -0.25) is 4.72 Å². The van der Waals surface area contributed by atoms with Crippen molar-refractivity contribution in [2.75, 3.05) is 11.0 Å². The summed E-state index contributed by atoms with van der Waals surface area (Å²) in [5.74, 6) is -1.33. The third-order valence-corrected chi connectivity index (χ3v) is 2.23. The first kappa shape index (κ1) is 11.1. The monoisotopic (exact) mass is 239 g/mol. The van der Waals surface area contributed by atoms with Gasteiger partial charge in [-0.05, 0) is 6.07 Å². The van der Waals surface area contributed by atoms with E-state index in [1.54, 1.807) is 0 Å². The summed E-state index contributed by atoms with van der Waals surface area (Å²) in [7, 11) is -3.56. The van der Waals surface area contributed by atoms with Crippen LogP contribution >= 0.6 is 11.6 Å². The van der Waals surface area contributed by atoms with Gasteiger partial charge in [0.25, 0.3) is 0 Å². The van der Waals surface area contributed by atoms with Gasteiger partial charge in [0, 0.05) is 6.07 Å². The fourth-order valence-electron chi connectivity index (χ4n) is 0.814. The largest absolute Gasteiger partial charge is 0.506 e. The summed E-state index contributed by atoms with van der Waals surface area (Å²) in [4.78, 5) is 0. The van der Waals surface area contributed by atoms with Crippen LogP contribution in [0, 0.1) is 5.82 Å². The number of halogens is 2. The van der Waals surface area contributed by atoms with E-state index in [1.807, 2.05) is 4.72 Å². The molecule has 0 radical (unpaired) electrons. The minimum atomic E-state index is -3.56. The van der Waals surface area contributed by atoms with E-state index >= 15 is 0 Å². The SMILES string of the molecule is CS(=O)(=O)Nc1cc(Cl)c(O)cc1F. The smallest absolute Gasteiger partial charge is 0.229 e. The summed E-state index contributed by atoms with van der Waals surface area (Å²) in [6.45, 7) is 0. The maximum atomic E-state index is 13.0. The van der Waals surface area contributed by atoms with Gasteiger partial charge < -0.3 is 5.11 Å². The van der Waals surface area contributed by atoms with Gasteiger partial charge in [-0.2, -0.15) is 0 Å². The third kappa shape index (κ3) is 2.74. The van der Waals surface area contributed by atoms with Crippen molar-refractivity contribution < 1.29 is 17.9 Å². The van der Waals surface area contributed by atoms with E-state index < -0.39 is 21.6 Å². The van der Waals surface area contributed by atoms with Gasteiger partial charge in [-0.1, -0.05) is 11.6 Å². The molecular formula is C7H7ClFNO3S. The number of benzene rings is 1. The van der Waals surface area contributed by atoms with Crippen molar-refractivity contribution in [1.29, 1.82) is 0 Å². The van der Waals surface area contributed by atoms with Gasteiger partial charge in [-0.15, -0.1) is 0 Å². The summed E-state index contributed by atoms with van der Waals surface area (Å²) in [6.07, 6.45) is 0.882. The molecule has 0 aliphatic carbocycles. The molecule has 4 nitrogen and oxygen atoms in total. The summed E-state index contributed by atoms with van der Waals surface area (Å²) < 4.78 is 36.5. The van der Waals surface area contributed by atoms with Crippen LogP contribution in [-0.4, -0.2) is 19.8 Å². The van der Waals surface area contributed by atoms with Crippen LogP contribution in [0.2, 0.25) is 5.02 Å². The predicted octanol–water partition coefficient (Wildman–Crippen LogP) is 1.56. The Kier molecular flexibility index (Phi) is 2.86. The molecule has 0 fully saturated rings. The quantitative estimate of drug-likeness (QED) is 0.770. The van der Waals surface area contributed by atoms with Crippen molar-refractivity contribution >= 4 is 27.3 Å². The molecular weight excluding hydrogens is 233 g/mol. The number of aromatic hydroxyl groups is 1. The molecule has 14 heavy (non-hydrogen) atoms. The van der Waals surface area contributed by atoms with Crippen molar-refractivity contribution in [2.45, 2.75) is 0 Å². The lowest BCUT2D eigenvalue weighted by molar-refractivity contribution is 0.470. The Morgan fingerprint density at radius 3 is 2.57 bits per heavy atom. The van der Waals surface area contributed by atoms with Crippen LogP contribution < -0.4 is 4.72 Å². The number of hydrogen-bond donors (Lipinski definition) is 2. The Labute approximate surface area is 85.4 Å². The van der Waals surface area contributed by atoms with Crippen LogP contribution in [-0.2, 0) is 10.0 Å². The summed E-state index contributed by atoms with van der Waals surface area (Å²) in [5.41, 5.74) is -0.296. The van der Waals surface area contributed by atoms with Crippen molar-refractivity contribution in [3.63, 3.8) is 0 Å². The number of hydrogen-bond acceptors (Lipinski definition) is 3. The van der Waals surface area contributed by atoms with E-state index in [1.165, 1.54) is 0 Å². The van der Waals surface area contributed by atoms with E-state index in [-0.39, 0.29) is 10.7 Å². The second kappa shape index (κ2) is 3.62. The Hall–Kier alpha value is -1.01. The molecule has 7 heteroatoms. The average molecular weight is 240 g/mol. The van der Waals surface area contributed by atoms with Gasteiger partial charge in [0.05, 0.1) is 17.0 Å². The number of phenols is 1. The Morgan fingerprint density at radius 2 is 2.07 bits per heavy atom. The standard InChI is InChI=1S/C7H7ClFNO3S/c1-14(12,13)10-6-2-4(8)7(11)3-5(6)9/h2-3,10-11H,1H3. The first-order valence-corrected chi connectivity index (χ1v) is 5.72. The van der Waals surface area contributed by atoms with Gasteiger partial charge >= 0.3 is 0 Å². The Bertz CT molecular complexity index is 460. The van der Waals surface area contributed by atoms with Crippen molar-refractivity contribution in [2.24, 2.45) is 0 Å². The zero-order chi connectivity index (χ0) is 10.9. The number of rotatable bonds is 2. The molecule has 0 amide bonds. The molecule has 0 saturated heterocycles. The topological polar surface area (TPSA) is 66.4 Å². The van der Waals surface area contributed by atoms with Crippen LogP contribution in [0.25, 0.3) is 0 Å². The third-order valence-electron chi connectivity index (χ3n) is 1.33. The molecule has 0 aliphatic rings. The zero-order valence-electron chi connectivity index (χ0n) is 7.08. The second-order valence-electron chi connectivity index (χ2n) is 2.66. The van der Waals surface area contributed by atoms with Crippen LogP contribution in [0.3, 0.4) is 0 Å². The van der Waals surface area contributed by atoms with Crippen LogP contribution in [0.1, 0.15) is 0 Å². The van der Waals surface area contributed by atoms with Gasteiger partial charge in [0.1, 0.15) is 5.75 Å². The van der Waals surface area contributed by atoms with E-state index in [9.17, 15) is 12.8 Å². The first-order chi connectivity index (χ1) is 6.29. The van der Waals surface area contributed by atoms with Crippen molar-refractivity contribution in [3.05, 3.63) is 23.0 Å². The molecule has 0 saturated carbocycles. The first-order valence-electron chi connectivity index (χ1n) is 3.45. The fraction of sp³-hybridized carbons (Fsp3) is 0.143. The lowest BCUT2D eigenvalue weighted by Gasteiger charge is -2.06. The average Bonchev–Trinajstić information content (AvgIpc) is 1.97. The number of anilines is 1. The molecule has 1 aromatic carbocycles. The zero-order valence-corrected chi connectivity index (χ0v) is 8.66. The summed E-state index contributed by atoms with van der Waals surface area (Å²) in [5, 5.41) is 8.85. The second-order valence-corrected chi connectivity index (χ2v) is 4.81. The molecule has 0 bridgehead atoms. The highest BCUT2D eigenvalue weighted by Gasteiger charge is 2.10.